The molecule has 1 aromatic carbocycles. The Morgan fingerprint density at radius 1 is 1.06 bits per heavy atom. The van der Waals surface area contributed by atoms with Gasteiger partial charge < -0.3 is 5.11 Å². The van der Waals surface area contributed by atoms with Crippen molar-refractivity contribution in [3.8, 4) is 0 Å². The van der Waals surface area contributed by atoms with E-state index in [-0.39, 0.29) is 0 Å². The molecular weight excluding hydrogens is 198 g/mol. The predicted octanol–water partition coefficient (Wildman–Crippen LogP) is 2.67. The smallest absolute Gasteiger partial charge is 0.0845 e. The monoisotopic (exact) mass is 213 g/mol. The van der Waals surface area contributed by atoms with Gasteiger partial charge >= 0.3 is 0 Å². The molecule has 0 radical (unpaired) electrons. The van der Waals surface area contributed by atoms with Crippen LogP contribution in [0.4, 0.5) is 0 Å². The van der Waals surface area contributed by atoms with Gasteiger partial charge in [-0.15, -0.1) is 0 Å². The molecule has 1 atom stereocenters. The minimum absolute atomic E-state index is 0.476. The van der Waals surface area contributed by atoms with Gasteiger partial charge in [-0.25, -0.2) is 0 Å². The van der Waals surface area contributed by atoms with Crippen LogP contribution in [0.5, 0.6) is 0 Å². The first kappa shape index (κ1) is 10.8. The Balaban J connectivity index is 2.11. The fourth-order valence-corrected chi connectivity index (χ4v) is 1.70. The summed E-state index contributed by atoms with van der Waals surface area (Å²) in [5, 5.41) is 10.0. The maximum absolute atomic E-state index is 10.0. The highest BCUT2D eigenvalue weighted by molar-refractivity contribution is 5.20. The van der Waals surface area contributed by atoms with Gasteiger partial charge in [0.1, 0.15) is 0 Å². The van der Waals surface area contributed by atoms with Crippen LogP contribution in [0, 0.1) is 6.92 Å². The summed E-state index contributed by atoms with van der Waals surface area (Å²) >= 11 is 0. The molecule has 2 rings (SSSR count). The van der Waals surface area contributed by atoms with Gasteiger partial charge in [-0.3, -0.25) is 4.98 Å². The van der Waals surface area contributed by atoms with Crippen LogP contribution in [-0.4, -0.2) is 10.1 Å². The van der Waals surface area contributed by atoms with Crippen molar-refractivity contribution in [3.63, 3.8) is 0 Å². The van der Waals surface area contributed by atoms with Gasteiger partial charge in [0.15, 0.2) is 0 Å². The molecule has 0 aliphatic carbocycles. The number of rotatable bonds is 3. The Morgan fingerprint density at radius 3 is 2.50 bits per heavy atom. The highest BCUT2D eigenvalue weighted by Gasteiger charge is 2.08. The Morgan fingerprint density at radius 2 is 1.81 bits per heavy atom. The molecule has 1 heterocycles. The lowest BCUT2D eigenvalue weighted by atomic mass is 10.0. The minimum Gasteiger partial charge on any atom is -0.388 e. The van der Waals surface area contributed by atoms with Crippen LogP contribution in [0.25, 0.3) is 0 Å². The molecule has 2 heteroatoms. The molecule has 2 aromatic rings. The van der Waals surface area contributed by atoms with E-state index in [0.29, 0.717) is 6.42 Å². The Bertz CT molecular complexity index is 453. The minimum atomic E-state index is -0.476. The SMILES string of the molecule is Cc1cccc(C[C@@H](O)c2ccccc2)n1. The van der Waals surface area contributed by atoms with Crippen molar-refractivity contribution in [2.45, 2.75) is 19.4 Å². The normalized spacial score (nSPS) is 12.4. The lowest BCUT2D eigenvalue weighted by Crippen LogP contribution is -2.03. The van der Waals surface area contributed by atoms with Crippen LogP contribution in [0.15, 0.2) is 48.5 Å². The quantitative estimate of drug-likeness (QED) is 0.850. The maximum Gasteiger partial charge on any atom is 0.0845 e. The summed E-state index contributed by atoms with van der Waals surface area (Å²) in [4.78, 5) is 4.38. The zero-order valence-corrected chi connectivity index (χ0v) is 9.30. The van der Waals surface area contributed by atoms with Crippen molar-refractivity contribution >= 4 is 0 Å². The summed E-state index contributed by atoms with van der Waals surface area (Å²) in [7, 11) is 0. The average Bonchev–Trinajstić information content (AvgIpc) is 2.30. The highest BCUT2D eigenvalue weighted by atomic mass is 16.3. The van der Waals surface area contributed by atoms with Crippen LogP contribution in [0.1, 0.15) is 23.1 Å². The molecule has 0 spiro atoms. The molecule has 82 valence electrons. The molecule has 0 saturated heterocycles. The molecule has 0 unspecified atom stereocenters. The topological polar surface area (TPSA) is 33.1 Å². The number of aliphatic hydroxyl groups is 1. The Labute approximate surface area is 95.6 Å². The van der Waals surface area contributed by atoms with Gasteiger partial charge in [-0.1, -0.05) is 36.4 Å². The van der Waals surface area contributed by atoms with Crippen molar-refractivity contribution in [2.24, 2.45) is 0 Å². The fourth-order valence-electron chi connectivity index (χ4n) is 1.70. The Hall–Kier alpha value is -1.67. The number of nitrogens with zero attached hydrogens (tertiary/aromatic N) is 1. The zero-order chi connectivity index (χ0) is 11.4. The zero-order valence-electron chi connectivity index (χ0n) is 9.30. The second-order valence-electron chi connectivity index (χ2n) is 3.90. The number of hydrogen-bond donors (Lipinski definition) is 1. The van der Waals surface area contributed by atoms with E-state index in [1.54, 1.807) is 0 Å². The van der Waals surface area contributed by atoms with Crippen molar-refractivity contribution in [1.29, 1.82) is 0 Å². The second kappa shape index (κ2) is 4.90. The maximum atomic E-state index is 10.0. The van der Waals surface area contributed by atoms with Gasteiger partial charge in [-0.2, -0.15) is 0 Å². The van der Waals surface area contributed by atoms with Crippen molar-refractivity contribution in [3.05, 3.63) is 65.5 Å². The molecule has 0 amide bonds. The molecule has 2 nitrogen and oxygen atoms in total. The highest BCUT2D eigenvalue weighted by Crippen LogP contribution is 2.16. The van der Waals surface area contributed by atoms with E-state index in [1.165, 1.54) is 0 Å². The summed E-state index contributed by atoms with van der Waals surface area (Å²) < 4.78 is 0. The van der Waals surface area contributed by atoms with Gasteiger partial charge in [0.25, 0.3) is 0 Å². The first-order chi connectivity index (χ1) is 7.75. The lowest BCUT2D eigenvalue weighted by Gasteiger charge is -2.10. The number of aliphatic hydroxyl groups excluding tert-OH is 1. The van der Waals surface area contributed by atoms with Crippen LogP contribution in [0.3, 0.4) is 0 Å². The summed E-state index contributed by atoms with van der Waals surface area (Å²) in [5.41, 5.74) is 2.85. The third kappa shape index (κ3) is 2.67. The summed E-state index contributed by atoms with van der Waals surface area (Å²) in [5.74, 6) is 0. The summed E-state index contributed by atoms with van der Waals surface area (Å²) in [6.45, 7) is 1.96. The molecule has 1 aromatic heterocycles. The van der Waals surface area contributed by atoms with Crippen molar-refractivity contribution in [1.82, 2.24) is 4.98 Å². The molecule has 0 fully saturated rings. The predicted molar refractivity (Wildman–Crippen MR) is 64.1 cm³/mol. The summed E-state index contributed by atoms with van der Waals surface area (Å²) in [6, 6.07) is 15.5. The third-order valence-electron chi connectivity index (χ3n) is 2.53. The van der Waals surface area contributed by atoms with Crippen LogP contribution < -0.4 is 0 Å². The number of hydrogen-bond acceptors (Lipinski definition) is 2. The third-order valence-corrected chi connectivity index (χ3v) is 2.53. The lowest BCUT2D eigenvalue weighted by molar-refractivity contribution is 0.177. The first-order valence-corrected chi connectivity index (χ1v) is 5.41. The van der Waals surface area contributed by atoms with E-state index in [9.17, 15) is 5.11 Å². The number of pyridine rings is 1. The van der Waals surface area contributed by atoms with E-state index in [2.05, 4.69) is 4.98 Å². The van der Waals surface area contributed by atoms with E-state index in [0.717, 1.165) is 17.0 Å². The van der Waals surface area contributed by atoms with E-state index < -0.39 is 6.10 Å². The van der Waals surface area contributed by atoms with Crippen molar-refractivity contribution < 1.29 is 5.11 Å². The molecule has 0 aliphatic heterocycles. The van der Waals surface area contributed by atoms with Crippen LogP contribution >= 0.6 is 0 Å². The van der Waals surface area contributed by atoms with E-state index >= 15 is 0 Å². The van der Waals surface area contributed by atoms with Gasteiger partial charge in [0.2, 0.25) is 0 Å². The van der Waals surface area contributed by atoms with Crippen LogP contribution in [0.2, 0.25) is 0 Å². The molecule has 0 saturated carbocycles. The first-order valence-electron chi connectivity index (χ1n) is 5.41. The average molecular weight is 213 g/mol. The number of benzene rings is 1. The van der Waals surface area contributed by atoms with Gasteiger partial charge in [0, 0.05) is 17.8 Å². The molecular formula is C14H15NO. The molecule has 16 heavy (non-hydrogen) atoms. The van der Waals surface area contributed by atoms with Crippen molar-refractivity contribution in [2.75, 3.05) is 0 Å². The van der Waals surface area contributed by atoms with Gasteiger partial charge in [0.05, 0.1) is 6.10 Å². The van der Waals surface area contributed by atoms with E-state index in [4.69, 9.17) is 0 Å². The fraction of sp³-hybridized carbons (Fsp3) is 0.214. The number of aromatic nitrogens is 1. The Kier molecular flexibility index (Phi) is 3.32. The second-order valence-corrected chi connectivity index (χ2v) is 3.90. The standard InChI is InChI=1S/C14H15NO/c1-11-6-5-9-13(15-11)10-14(16)12-7-3-2-4-8-12/h2-9,14,16H,10H2,1H3/t14-/m1/s1. The molecule has 0 aliphatic rings. The van der Waals surface area contributed by atoms with Gasteiger partial charge in [-0.05, 0) is 24.6 Å². The number of aryl methyl sites for hydroxylation is 1. The van der Waals surface area contributed by atoms with Crippen LogP contribution in [-0.2, 0) is 6.42 Å². The largest absolute Gasteiger partial charge is 0.388 e. The van der Waals surface area contributed by atoms with E-state index in [1.807, 2.05) is 55.5 Å². The molecule has 0 bridgehead atoms. The summed E-state index contributed by atoms with van der Waals surface area (Å²) in [6.07, 6.45) is 0.0848. The molecule has 1 N–H and O–H groups in total.